The third-order valence-electron chi connectivity index (χ3n) is 6.18. The highest BCUT2D eigenvalue weighted by Crippen LogP contribution is 2.31. The molecule has 0 saturated carbocycles. The number of pyridine rings is 1. The highest BCUT2D eigenvalue weighted by molar-refractivity contribution is 7.89. The Labute approximate surface area is 213 Å². The van der Waals surface area contributed by atoms with Gasteiger partial charge in [0.15, 0.2) is 5.82 Å². The molecule has 2 aromatic heterocycles. The third-order valence-corrected chi connectivity index (χ3v) is 8.03. The Morgan fingerprint density at radius 1 is 1.08 bits per heavy atom. The zero-order valence-electron chi connectivity index (χ0n) is 19.8. The van der Waals surface area contributed by atoms with Crippen molar-refractivity contribution < 1.29 is 13.2 Å². The molecule has 0 aliphatic carbocycles. The van der Waals surface area contributed by atoms with Crippen molar-refractivity contribution in [2.24, 2.45) is 5.73 Å². The lowest BCUT2D eigenvalue weighted by molar-refractivity contribution is 0.103. The van der Waals surface area contributed by atoms with Crippen molar-refractivity contribution in [1.82, 2.24) is 19.3 Å². The standard InChI is InChI=1S/C27H22N6O3S/c1-33(11-10-28)37(35,36)20-8-9-24-25(13-20)32-27(31-24)26(34)17-6-7-18(14-29)22(12-17)23-16-30-15-19-4-2-3-5-21(19)23/h2-9,12-13,15-16H,10-11,28H2,1H3,(H,31,32). The van der Waals surface area contributed by atoms with Crippen molar-refractivity contribution >= 4 is 37.6 Å². The van der Waals surface area contributed by atoms with E-state index < -0.39 is 10.0 Å². The predicted molar refractivity (Wildman–Crippen MR) is 140 cm³/mol. The summed E-state index contributed by atoms with van der Waals surface area (Å²) in [6.45, 7) is 0.377. The van der Waals surface area contributed by atoms with Gasteiger partial charge < -0.3 is 10.7 Å². The lowest BCUT2D eigenvalue weighted by atomic mass is 9.94. The maximum Gasteiger partial charge on any atom is 0.242 e. The number of nitriles is 1. The van der Waals surface area contributed by atoms with Crippen LogP contribution >= 0.6 is 0 Å². The molecule has 0 amide bonds. The topological polar surface area (TPSA) is 146 Å². The van der Waals surface area contributed by atoms with Gasteiger partial charge in [-0.1, -0.05) is 24.3 Å². The molecule has 0 fully saturated rings. The van der Waals surface area contributed by atoms with Gasteiger partial charge in [0.2, 0.25) is 15.8 Å². The number of nitrogens with one attached hydrogen (secondary N) is 1. The summed E-state index contributed by atoms with van der Waals surface area (Å²) < 4.78 is 26.8. The number of sulfonamides is 1. The van der Waals surface area contributed by atoms with Crippen LogP contribution in [0.1, 0.15) is 21.7 Å². The van der Waals surface area contributed by atoms with E-state index in [0.29, 0.717) is 27.7 Å². The minimum atomic E-state index is -3.73. The Bertz CT molecular complexity index is 1820. The van der Waals surface area contributed by atoms with Crippen molar-refractivity contribution in [3.8, 4) is 17.2 Å². The van der Waals surface area contributed by atoms with E-state index in [1.54, 1.807) is 36.7 Å². The van der Waals surface area contributed by atoms with Gasteiger partial charge in [-0.25, -0.2) is 13.4 Å². The van der Waals surface area contributed by atoms with Gasteiger partial charge in [-0.15, -0.1) is 0 Å². The summed E-state index contributed by atoms with van der Waals surface area (Å²) in [5, 5.41) is 11.6. The summed E-state index contributed by atoms with van der Waals surface area (Å²) in [5.41, 5.74) is 8.44. The van der Waals surface area contributed by atoms with E-state index in [4.69, 9.17) is 5.73 Å². The molecular weight excluding hydrogens is 488 g/mol. The molecule has 0 bridgehead atoms. The first kappa shape index (κ1) is 24.3. The number of fused-ring (bicyclic) bond motifs is 2. The van der Waals surface area contributed by atoms with Gasteiger partial charge in [-0.3, -0.25) is 9.78 Å². The third kappa shape index (κ3) is 4.36. The van der Waals surface area contributed by atoms with Gasteiger partial charge in [0, 0.05) is 54.6 Å². The fourth-order valence-electron chi connectivity index (χ4n) is 4.21. The molecule has 3 aromatic carbocycles. The minimum absolute atomic E-state index is 0.0616. The molecule has 0 unspecified atom stereocenters. The number of aromatic amines is 1. The average molecular weight is 511 g/mol. The molecule has 37 heavy (non-hydrogen) atoms. The summed E-state index contributed by atoms with van der Waals surface area (Å²) in [6.07, 6.45) is 3.42. The second-order valence-electron chi connectivity index (χ2n) is 8.49. The number of hydrogen-bond acceptors (Lipinski definition) is 7. The Hall–Kier alpha value is -4.43. The maximum atomic E-state index is 13.4. The molecule has 10 heteroatoms. The van der Waals surface area contributed by atoms with Gasteiger partial charge in [-0.05, 0) is 41.8 Å². The fourth-order valence-corrected chi connectivity index (χ4v) is 5.42. The van der Waals surface area contributed by atoms with E-state index in [0.717, 1.165) is 16.3 Å². The van der Waals surface area contributed by atoms with Crippen molar-refractivity contribution in [2.45, 2.75) is 4.90 Å². The van der Waals surface area contributed by atoms with E-state index in [9.17, 15) is 18.5 Å². The molecule has 5 rings (SSSR count). The summed E-state index contributed by atoms with van der Waals surface area (Å²) in [5.74, 6) is -0.327. The van der Waals surface area contributed by atoms with E-state index in [-0.39, 0.29) is 29.6 Å². The van der Waals surface area contributed by atoms with Crippen LogP contribution in [0.5, 0.6) is 0 Å². The van der Waals surface area contributed by atoms with E-state index in [1.165, 1.54) is 23.5 Å². The van der Waals surface area contributed by atoms with Crippen molar-refractivity contribution in [3.05, 3.63) is 90.0 Å². The zero-order chi connectivity index (χ0) is 26.2. The quantitative estimate of drug-likeness (QED) is 0.319. The number of carbonyl (C=O) groups is 1. The summed E-state index contributed by atoms with van der Waals surface area (Å²) in [6, 6.07) is 19.2. The second kappa shape index (κ2) is 9.55. The number of H-pyrrole nitrogens is 1. The highest BCUT2D eigenvalue weighted by Gasteiger charge is 2.22. The Balaban J connectivity index is 1.55. The Morgan fingerprint density at radius 3 is 2.68 bits per heavy atom. The lowest BCUT2D eigenvalue weighted by Gasteiger charge is -2.15. The molecule has 0 spiro atoms. The van der Waals surface area contributed by atoms with Crippen molar-refractivity contribution in [1.29, 1.82) is 5.26 Å². The smallest absolute Gasteiger partial charge is 0.242 e. The molecule has 5 aromatic rings. The van der Waals surface area contributed by atoms with Gasteiger partial charge in [-0.2, -0.15) is 9.57 Å². The van der Waals surface area contributed by atoms with Crippen LogP contribution in [0.3, 0.4) is 0 Å². The number of aromatic nitrogens is 3. The second-order valence-corrected chi connectivity index (χ2v) is 10.5. The van der Waals surface area contributed by atoms with Gasteiger partial charge >= 0.3 is 0 Å². The van der Waals surface area contributed by atoms with Crippen LogP contribution in [0.4, 0.5) is 0 Å². The first-order valence-corrected chi connectivity index (χ1v) is 12.9. The molecular formula is C27H22N6O3S. The molecule has 0 atom stereocenters. The number of likely N-dealkylation sites (N-methyl/N-ethyl adjacent to an activating group) is 1. The number of nitrogens with two attached hydrogens (primary N) is 1. The number of hydrogen-bond donors (Lipinski definition) is 2. The van der Waals surface area contributed by atoms with Crippen LogP contribution < -0.4 is 5.73 Å². The molecule has 3 N–H and O–H groups in total. The molecule has 9 nitrogen and oxygen atoms in total. The number of ketones is 1. The van der Waals surface area contributed by atoms with Crippen LogP contribution in [-0.4, -0.2) is 53.6 Å². The first-order chi connectivity index (χ1) is 17.8. The normalized spacial score (nSPS) is 11.7. The number of carbonyl (C=O) groups excluding carboxylic acids is 1. The molecule has 2 heterocycles. The van der Waals surface area contributed by atoms with Crippen LogP contribution in [0.15, 0.2) is 78.0 Å². The molecule has 0 saturated heterocycles. The molecule has 184 valence electrons. The lowest BCUT2D eigenvalue weighted by Crippen LogP contribution is -2.31. The monoisotopic (exact) mass is 510 g/mol. The van der Waals surface area contributed by atoms with E-state index >= 15 is 0 Å². The van der Waals surface area contributed by atoms with Crippen LogP contribution in [0, 0.1) is 11.3 Å². The van der Waals surface area contributed by atoms with Gasteiger partial charge in [0.1, 0.15) is 0 Å². The maximum absolute atomic E-state index is 13.4. The first-order valence-electron chi connectivity index (χ1n) is 11.4. The zero-order valence-corrected chi connectivity index (χ0v) is 20.7. The van der Waals surface area contributed by atoms with Crippen molar-refractivity contribution in [2.75, 3.05) is 20.1 Å². The van der Waals surface area contributed by atoms with Crippen molar-refractivity contribution in [3.63, 3.8) is 0 Å². The average Bonchev–Trinajstić information content (AvgIpc) is 3.35. The summed E-state index contributed by atoms with van der Waals surface area (Å²) >= 11 is 0. The Kier molecular flexibility index (Phi) is 6.27. The number of imidazole rings is 1. The SMILES string of the molecule is CN(CCN)S(=O)(=O)c1ccc2nc(C(=O)c3ccc(C#N)c(-c4cncc5ccccc45)c3)[nH]c2c1. The largest absolute Gasteiger partial charge is 0.335 e. The highest BCUT2D eigenvalue weighted by atomic mass is 32.2. The fraction of sp³-hybridized carbons (Fsp3) is 0.111. The molecule has 0 radical (unpaired) electrons. The summed E-state index contributed by atoms with van der Waals surface area (Å²) in [7, 11) is -2.27. The van der Waals surface area contributed by atoms with E-state index in [2.05, 4.69) is 21.0 Å². The Morgan fingerprint density at radius 2 is 1.89 bits per heavy atom. The number of rotatable bonds is 7. The predicted octanol–water partition coefficient (Wildman–Crippen LogP) is 3.46. The van der Waals surface area contributed by atoms with Gasteiger partial charge in [0.25, 0.3) is 0 Å². The van der Waals surface area contributed by atoms with E-state index in [1.807, 2.05) is 24.3 Å². The van der Waals surface area contributed by atoms with Gasteiger partial charge in [0.05, 0.1) is 27.6 Å². The number of nitrogens with zero attached hydrogens (tertiary/aromatic N) is 4. The van der Waals surface area contributed by atoms with Crippen LogP contribution in [-0.2, 0) is 10.0 Å². The van der Waals surface area contributed by atoms with Crippen LogP contribution in [0.25, 0.3) is 32.9 Å². The minimum Gasteiger partial charge on any atom is -0.335 e. The summed E-state index contributed by atoms with van der Waals surface area (Å²) in [4.78, 5) is 25.1. The molecule has 0 aliphatic heterocycles. The number of benzene rings is 3. The molecule has 0 aliphatic rings. The van der Waals surface area contributed by atoms with Crippen LogP contribution in [0.2, 0.25) is 0 Å².